The molecule has 104 valence electrons. The number of methoxy groups -OCH3 is 2. The van der Waals surface area contributed by atoms with Crippen LogP contribution < -0.4 is 9.47 Å². The minimum absolute atomic E-state index is 0.0284. The van der Waals surface area contributed by atoms with E-state index >= 15 is 0 Å². The van der Waals surface area contributed by atoms with Crippen molar-refractivity contribution in [3.05, 3.63) is 65.7 Å². The van der Waals surface area contributed by atoms with Crippen LogP contribution in [0.15, 0.2) is 54.6 Å². The van der Waals surface area contributed by atoms with Crippen LogP contribution in [-0.2, 0) is 0 Å². The normalized spacial score (nSPS) is 11.2. The first kappa shape index (κ1) is 14.2. The standard InChI is InChI=1S/C17H18O3/c1-19-14-8-9-16(17(12-14)20-2)15(10-11-18)13-6-4-3-5-7-13/h3-10,12,18H,11H2,1-2H3/b15-10+. The quantitative estimate of drug-likeness (QED) is 0.907. The lowest BCUT2D eigenvalue weighted by Crippen LogP contribution is -1.96. The van der Waals surface area contributed by atoms with Gasteiger partial charge >= 0.3 is 0 Å². The fourth-order valence-electron chi connectivity index (χ4n) is 2.11. The Morgan fingerprint density at radius 1 is 1.05 bits per heavy atom. The summed E-state index contributed by atoms with van der Waals surface area (Å²) in [4.78, 5) is 0. The van der Waals surface area contributed by atoms with E-state index in [9.17, 15) is 5.11 Å². The van der Waals surface area contributed by atoms with Gasteiger partial charge < -0.3 is 14.6 Å². The summed E-state index contributed by atoms with van der Waals surface area (Å²) >= 11 is 0. The minimum Gasteiger partial charge on any atom is -0.497 e. The molecule has 3 heteroatoms. The molecule has 0 amide bonds. The molecule has 20 heavy (non-hydrogen) atoms. The second kappa shape index (κ2) is 6.78. The largest absolute Gasteiger partial charge is 0.497 e. The Bertz CT molecular complexity index is 588. The Balaban J connectivity index is 2.53. The van der Waals surface area contributed by atoms with Crippen LogP contribution in [0.1, 0.15) is 11.1 Å². The van der Waals surface area contributed by atoms with Gasteiger partial charge in [-0.3, -0.25) is 0 Å². The zero-order chi connectivity index (χ0) is 14.4. The van der Waals surface area contributed by atoms with Gasteiger partial charge in [0.25, 0.3) is 0 Å². The summed E-state index contributed by atoms with van der Waals surface area (Å²) in [6.07, 6.45) is 1.78. The third-order valence-corrected chi connectivity index (χ3v) is 3.08. The second-order valence-corrected chi connectivity index (χ2v) is 4.23. The van der Waals surface area contributed by atoms with E-state index in [1.807, 2.05) is 48.5 Å². The average Bonchev–Trinajstić information content (AvgIpc) is 2.53. The first-order valence-electron chi connectivity index (χ1n) is 6.39. The minimum atomic E-state index is -0.0284. The highest BCUT2D eigenvalue weighted by atomic mass is 16.5. The van der Waals surface area contributed by atoms with E-state index in [1.165, 1.54) is 0 Å². The molecule has 1 N–H and O–H groups in total. The fraction of sp³-hybridized carbons (Fsp3) is 0.176. The van der Waals surface area contributed by atoms with E-state index in [4.69, 9.17) is 9.47 Å². The number of ether oxygens (including phenoxy) is 2. The average molecular weight is 270 g/mol. The second-order valence-electron chi connectivity index (χ2n) is 4.23. The Morgan fingerprint density at radius 2 is 1.80 bits per heavy atom. The summed E-state index contributed by atoms with van der Waals surface area (Å²) in [5.41, 5.74) is 2.89. The van der Waals surface area contributed by atoms with Gasteiger partial charge in [-0.15, -0.1) is 0 Å². The molecular formula is C17H18O3. The number of benzene rings is 2. The Hall–Kier alpha value is -2.26. The van der Waals surface area contributed by atoms with Gasteiger partial charge in [-0.1, -0.05) is 36.4 Å². The van der Waals surface area contributed by atoms with E-state index in [0.717, 1.165) is 22.4 Å². The monoisotopic (exact) mass is 270 g/mol. The van der Waals surface area contributed by atoms with Gasteiger partial charge in [-0.2, -0.15) is 0 Å². The SMILES string of the molecule is COc1ccc(/C(=C/CO)c2ccccc2)c(OC)c1. The molecule has 0 heterocycles. The molecule has 0 aliphatic heterocycles. The zero-order valence-electron chi connectivity index (χ0n) is 11.7. The molecule has 0 aliphatic carbocycles. The molecule has 0 aliphatic rings. The topological polar surface area (TPSA) is 38.7 Å². The van der Waals surface area contributed by atoms with Gasteiger partial charge in [0.05, 0.1) is 20.8 Å². The van der Waals surface area contributed by atoms with E-state index in [0.29, 0.717) is 5.75 Å². The molecule has 0 saturated heterocycles. The van der Waals surface area contributed by atoms with Crippen molar-refractivity contribution in [3.8, 4) is 11.5 Å². The number of hydrogen-bond donors (Lipinski definition) is 1. The van der Waals surface area contributed by atoms with Crippen LogP contribution in [0.2, 0.25) is 0 Å². The Morgan fingerprint density at radius 3 is 2.40 bits per heavy atom. The summed E-state index contributed by atoms with van der Waals surface area (Å²) in [7, 11) is 3.25. The third-order valence-electron chi connectivity index (χ3n) is 3.08. The lowest BCUT2D eigenvalue weighted by molar-refractivity contribution is 0.343. The van der Waals surface area contributed by atoms with Crippen LogP contribution >= 0.6 is 0 Å². The third kappa shape index (κ3) is 3.00. The molecule has 0 unspecified atom stereocenters. The molecule has 0 atom stereocenters. The molecule has 0 bridgehead atoms. The van der Waals surface area contributed by atoms with Gasteiger partial charge in [-0.25, -0.2) is 0 Å². The summed E-state index contributed by atoms with van der Waals surface area (Å²) in [6.45, 7) is -0.0284. The lowest BCUT2D eigenvalue weighted by atomic mass is 9.96. The van der Waals surface area contributed by atoms with Crippen LogP contribution in [0.5, 0.6) is 11.5 Å². The van der Waals surface area contributed by atoms with Crippen LogP contribution in [0.25, 0.3) is 5.57 Å². The fourth-order valence-corrected chi connectivity index (χ4v) is 2.11. The van der Waals surface area contributed by atoms with Crippen molar-refractivity contribution in [1.82, 2.24) is 0 Å². The number of rotatable bonds is 5. The highest BCUT2D eigenvalue weighted by Gasteiger charge is 2.11. The van der Waals surface area contributed by atoms with Crippen LogP contribution in [0.4, 0.5) is 0 Å². The number of aliphatic hydroxyl groups excluding tert-OH is 1. The summed E-state index contributed by atoms with van der Waals surface area (Å²) in [5, 5.41) is 9.28. The van der Waals surface area contributed by atoms with Gasteiger partial charge in [0, 0.05) is 11.6 Å². The molecule has 0 spiro atoms. The molecule has 0 aromatic heterocycles. The molecule has 0 radical (unpaired) electrons. The number of aliphatic hydroxyl groups is 1. The molecule has 2 aromatic rings. The number of hydrogen-bond acceptors (Lipinski definition) is 3. The smallest absolute Gasteiger partial charge is 0.130 e. The maximum atomic E-state index is 9.28. The van der Waals surface area contributed by atoms with E-state index in [-0.39, 0.29) is 6.61 Å². The predicted octanol–water partition coefficient (Wildman–Crippen LogP) is 3.13. The van der Waals surface area contributed by atoms with Crippen LogP contribution in [0.3, 0.4) is 0 Å². The zero-order valence-corrected chi connectivity index (χ0v) is 11.7. The van der Waals surface area contributed by atoms with Gasteiger partial charge in [-0.05, 0) is 23.3 Å². The van der Waals surface area contributed by atoms with Crippen molar-refractivity contribution in [2.45, 2.75) is 0 Å². The molecule has 2 aromatic carbocycles. The van der Waals surface area contributed by atoms with Gasteiger partial charge in [0.1, 0.15) is 11.5 Å². The van der Waals surface area contributed by atoms with Crippen molar-refractivity contribution in [3.63, 3.8) is 0 Å². The van der Waals surface area contributed by atoms with Gasteiger partial charge in [0.2, 0.25) is 0 Å². The van der Waals surface area contributed by atoms with Crippen molar-refractivity contribution in [2.75, 3.05) is 20.8 Å². The van der Waals surface area contributed by atoms with Crippen LogP contribution in [-0.4, -0.2) is 25.9 Å². The van der Waals surface area contributed by atoms with E-state index in [1.54, 1.807) is 20.3 Å². The van der Waals surface area contributed by atoms with Crippen molar-refractivity contribution < 1.29 is 14.6 Å². The molecule has 0 saturated carbocycles. The first-order valence-corrected chi connectivity index (χ1v) is 6.39. The van der Waals surface area contributed by atoms with E-state index in [2.05, 4.69) is 0 Å². The molecule has 0 fully saturated rings. The first-order chi connectivity index (χ1) is 9.80. The maximum Gasteiger partial charge on any atom is 0.130 e. The molecule has 2 rings (SSSR count). The highest BCUT2D eigenvalue weighted by Crippen LogP contribution is 2.33. The summed E-state index contributed by atoms with van der Waals surface area (Å²) in [6, 6.07) is 15.6. The maximum absolute atomic E-state index is 9.28. The van der Waals surface area contributed by atoms with Crippen molar-refractivity contribution in [2.24, 2.45) is 0 Å². The summed E-state index contributed by atoms with van der Waals surface area (Å²) in [5.74, 6) is 1.45. The summed E-state index contributed by atoms with van der Waals surface area (Å²) < 4.78 is 10.6. The lowest BCUT2D eigenvalue weighted by Gasteiger charge is -2.14. The van der Waals surface area contributed by atoms with Crippen molar-refractivity contribution in [1.29, 1.82) is 0 Å². The molecule has 3 nitrogen and oxygen atoms in total. The highest BCUT2D eigenvalue weighted by molar-refractivity contribution is 5.83. The van der Waals surface area contributed by atoms with Crippen LogP contribution in [0, 0.1) is 0 Å². The molecular weight excluding hydrogens is 252 g/mol. The van der Waals surface area contributed by atoms with Crippen molar-refractivity contribution >= 4 is 5.57 Å². The Labute approximate surface area is 119 Å². The van der Waals surface area contributed by atoms with Gasteiger partial charge in [0.15, 0.2) is 0 Å². The predicted molar refractivity (Wildman–Crippen MR) is 80.2 cm³/mol. The van der Waals surface area contributed by atoms with E-state index < -0.39 is 0 Å². The Kier molecular flexibility index (Phi) is 4.80.